The SMILES string of the molecule is OCCNC(=S)NC1CCCc2ccccc21. The van der Waals surface area contributed by atoms with Gasteiger partial charge in [0.25, 0.3) is 0 Å². The molecule has 0 fully saturated rings. The minimum atomic E-state index is 0.100. The molecule has 92 valence electrons. The third kappa shape index (κ3) is 3.17. The van der Waals surface area contributed by atoms with Crippen LogP contribution in [0.25, 0.3) is 0 Å². The Balaban J connectivity index is 2.01. The quantitative estimate of drug-likeness (QED) is 0.712. The lowest BCUT2D eigenvalue weighted by Crippen LogP contribution is -2.39. The maximum atomic E-state index is 8.73. The van der Waals surface area contributed by atoms with E-state index in [-0.39, 0.29) is 6.61 Å². The molecule has 0 bridgehead atoms. The molecule has 0 saturated carbocycles. The molecule has 3 nitrogen and oxygen atoms in total. The number of rotatable bonds is 3. The van der Waals surface area contributed by atoms with Crippen LogP contribution in [0.5, 0.6) is 0 Å². The predicted octanol–water partition coefficient (Wildman–Crippen LogP) is 1.52. The van der Waals surface area contributed by atoms with Gasteiger partial charge in [0.1, 0.15) is 0 Å². The lowest BCUT2D eigenvalue weighted by atomic mass is 9.88. The molecule has 0 radical (unpaired) electrons. The molecule has 2 rings (SSSR count). The zero-order chi connectivity index (χ0) is 12.1. The number of aryl methyl sites for hydroxylation is 1. The minimum absolute atomic E-state index is 0.100. The van der Waals surface area contributed by atoms with Crippen LogP contribution in [0.1, 0.15) is 30.0 Å². The van der Waals surface area contributed by atoms with Gasteiger partial charge in [-0.05, 0) is 42.6 Å². The van der Waals surface area contributed by atoms with Crippen molar-refractivity contribution in [3.05, 3.63) is 35.4 Å². The topological polar surface area (TPSA) is 44.3 Å². The molecule has 1 unspecified atom stereocenters. The lowest BCUT2D eigenvalue weighted by molar-refractivity contribution is 0.300. The zero-order valence-electron chi connectivity index (χ0n) is 9.78. The van der Waals surface area contributed by atoms with Crippen molar-refractivity contribution in [1.82, 2.24) is 10.6 Å². The van der Waals surface area contributed by atoms with Crippen LogP contribution in [0, 0.1) is 0 Å². The summed E-state index contributed by atoms with van der Waals surface area (Å²) in [5.74, 6) is 0. The van der Waals surface area contributed by atoms with Gasteiger partial charge < -0.3 is 15.7 Å². The van der Waals surface area contributed by atoms with E-state index in [9.17, 15) is 0 Å². The van der Waals surface area contributed by atoms with Crippen molar-refractivity contribution in [2.24, 2.45) is 0 Å². The molecule has 0 aliphatic heterocycles. The fraction of sp³-hybridized carbons (Fsp3) is 0.462. The van der Waals surface area contributed by atoms with Gasteiger partial charge in [0.15, 0.2) is 5.11 Å². The molecule has 0 heterocycles. The summed E-state index contributed by atoms with van der Waals surface area (Å²) in [6, 6.07) is 8.82. The van der Waals surface area contributed by atoms with Crippen LogP contribution < -0.4 is 10.6 Å². The summed E-state index contributed by atoms with van der Waals surface area (Å²) < 4.78 is 0. The average molecular weight is 250 g/mol. The van der Waals surface area contributed by atoms with Crippen LogP contribution in [0.4, 0.5) is 0 Å². The molecule has 1 aliphatic carbocycles. The number of aliphatic hydroxyl groups is 1. The second-order valence-corrected chi connectivity index (χ2v) is 4.68. The summed E-state index contributed by atoms with van der Waals surface area (Å²) in [5.41, 5.74) is 2.77. The van der Waals surface area contributed by atoms with Crippen molar-refractivity contribution >= 4 is 17.3 Å². The highest BCUT2D eigenvalue weighted by atomic mass is 32.1. The highest BCUT2D eigenvalue weighted by Crippen LogP contribution is 2.29. The van der Waals surface area contributed by atoms with E-state index >= 15 is 0 Å². The van der Waals surface area contributed by atoms with Crippen LogP contribution in [0.3, 0.4) is 0 Å². The van der Waals surface area contributed by atoms with Gasteiger partial charge in [-0.25, -0.2) is 0 Å². The molecule has 0 spiro atoms. The Morgan fingerprint density at radius 2 is 2.24 bits per heavy atom. The molecule has 0 aromatic heterocycles. The number of benzene rings is 1. The highest BCUT2D eigenvalue weighted by Gasteiger charge is 2.19. The maximum Gasteiger partial charge on any atom is 0.166 e. The molecular weight excluding hydrogens is 232 g/mol. The molecule has 1 aromatic rings. The second kappa shape index (κ2) is 5.98. The third-order valence-corrected chi connectivity index (χ3v) is 3.33. The Morgan fingerprint density at radius 1 is 1.41 bits per heavy atom. The van der Waals surface area contributed by atoms with Crippen molar-refractivity contribution < 1.29 is 5.11 Å². The van der Waals surface area contributed by atoms with Gasteiger partial charge >= 0.3 is 0 Å². The number of thiocarbonyl (C=S) groups is 1. The van der Waals surface area contributed by atoms with E-state index in [1.807, 2.05) is 0 Å². The summed E-state index contributed by atoms with van der Waals surface area (Å²) in [5, 5.41) is 15.7. The summed E-state index contributed by atoms with van der Waals surface area (Å²) in [4.78, 5) is 0. The normalized spacial score (nSPS) is 18.3. The molecule has 3 N–H and O–H groups in total. The Bertz CT molecular complexity index is 395. The van der Waals surface area contributed by atoms with Crippen molar-refractivity contribution in [3.8, 4) is 0 Å². The van der Waals surface area contributed by atoms with Gasteiger partial charge in [0, 0.05) is 6.54 Å². The van der Waals surface area contributed by atoms with Gasteiger partial charge in [0.2, 0.25) is 0 Å². The predicted molar refractivity (Wildman–Crippen MR) is 72.9 cm³/mol. The van der Waals surface area contributed by atoms with Crippen LogP contribution in [-0.2, 0) is 6.42 Å². The summed E-state index contributed by atoms with van der Waals surface area (Å²) in [6.07, 6.45) is 3.46. The van der Waals surface area contributed by atoms with E-state index in [1.165, 1.54) is 17.5 Å². The van der Waals surface area contributed by atoms with Gasteiger partial charge in [-0.2, -0.15) is 0 Å². The second-order valence-electron chi connectivity index (χ2n) is 4.27. The Hall–Kier alpha value is -1.13. The third-order valence-electron chi connectivity index (χ3n) is 3.07. The molecule has 4 heteroatoms. The zero-order valence-corrected chi connectivity index (χ0v) is 10.6. The summed E-state index contributed by atoms with van der Waals surface area (Å²) in [7, 11) is 0. The van der Waals surface area contributed by atoms with E-state index in [0.29, 0.717) is 17.7 Å². The fourth-order valence-electron chi connectivity index (χ4n) is 2.28. The van der Waals surface area contributed by atoms with E-state index in [2.05, 4.69) is 34.9 Å². The standard InChI is InChI=1S/C13H18N2OS/c16-9-8-14-13(17)15-12-7-3-5-10-4-1-2-6-11(10)12/h1-2,4,6,12,16H,3,5,7-9H2,(H2,14,15,17). The van der Waals surface area contributed by atoms with Crippen LogP contribution in [0.15, 0.2) is 24.3 Å². The monoisotopic (exact) mass is 250 g/mol. The lowest BCUT2D eigenvalue weighted by Gasteiger charge is -2.27. The summed E-state index contributed by atoms with van der Waals surface area (Å²) in [6.45, 7) is 0.600. The smallest absolute Gasteiger partial charge is 0.166 e. The Kier molecular flexibility index (Phi) is 4.34. The van der Waals surface area contributed by atoms with E-state index in [4.69, 9.17) is 17.3 Å². The first-order valence-electron chi connectivity index (χ1n) is 6.04. The van der Waals surface area contributed by atoms with E-state index < -0.39 is 0 Å². The Morgan fingerprint density at radius 3 is 3.06 bits per heavy atom. The summed E-state index contributed by atoms with van der Waals surface area (Å²) >= 11 is 5.20. The van der Waals surface area contributed by atoms with Crippen molar-refractivity contribution in [1.29, 1.82) is 0 Å². The van der Waals surface area contributed by atoms with Crippen molar-refractivity contribution in [2.45, 2.75) is 25.3 Å². The molecular formula is C13H18N2OS. The first kappa shape index (κ1) is 12.3. The molecule has 1 atom stereocenters. The maximum absolute atomic E-state index is 8.73. The van der Waals surface area contributed by atoms with Gasteiger partial charge in [-0.15, -0.1) is 0 Å². The molecule has 0 saturated heterocycles. The molecule has 17 heavy (non-hydrogen) atoms. The number of hydrogen-bond acceptors (Lipinski definition) is 2. The Labute approximate surface area is 107 Å². The number of hydrogen-bond donors (Lipinski definition) is 3. The van der Waals surface area contributed by atoms with E-state index in [0.717, 1.165) is 12.8 Å². The number of nitrogens with one attached hydrogen (secondary N) is 2. The van der Waals surface area contributed by atoms with Gasteiger partial charge in [-0.1, -0.05) is 24.3 Å². The minimum Gasteiger partial charge on any atom is -0.395 e. The largest absolute Gasteiger partial charge is 0.395 e. The van der Waals surface area contributed by atoms with Gasteiger partial charge in [0.05, 0.1) is 12.6 Å². The average Bonchev–Trinajstić information content (AvgIpc) is 2.37. The van der Waals surface area contributed by atoms with Crippen LogP contribution in [-0.4, -0.2) is 23.4 Å². The number of fused-ring (bicyclic) bond motifs is 1. The highest BCUT2D eigenvalue weighted by molar-refractivity contribution is 7.80. The van der Waals surface area contributed by atoms with Crippen LogP contribution in [0.2, 0.25) is 0 Å². The molecule has 1 aromatic carbocycles. The fourth-order valence-corrected chi connectivity index (χ4v) is 2.53. The number of aliphatic hydroxyl groups excluding tert-OH is 1. The molecule has 1 aliphatic rings. The van der Waals surface area contributed by atoms with Gasteiger partial charge in [-0.3, -0.25) is 0 Å². The van der Waals surface area contributed by atoms with Crippen molar-refractivity contribution in [3.63, 3.8) is 0 Å². The first-order valence-corrected chi connectivity index (χ1v) is 6.45. The molecule has 0 amide bonds. The van der Waals surface area contributed by atoms with Crippen LogP contribution >= 0.6 is 12.2 Å². The van der Waals surface area contributed by atoms with Crippen molar-refractivity contribution in [2.75, 3.05) is 13.2 Å². The first-order chi connectivity index (χ1) is 8.31. The van der Waals surface area contributed by atoms with E-state index in [1.54, 1.807) is 0 Å².